The molecule has 1 aromatic heterocycles. The molecule has 30 heavy (non-hydrogen) atoms. The van der Waals surface area contributed by atoms with Crippen LogP contribution in [-0.2, 0) is 0 Å². The first-order chi connectivity index (χ1) is 14.6. The van der Waals surface area contributed by atoms with Gasteiger partial charge in [0.15, 0.2) is 5.76 Å². The summed E-state index contributed by atoms with van der Waals surface area (Å²) < 4.78 is 16.4. The smallest absolute Gasteiger partial charge is 0.263 e. The predicted octanol–water partition coefficient (Wildman–Crippen LogP) is 4.73. The number of rotatable bonds is 5. The number of carbonyl (C=O) groups is 1. The SMILES string of the molecule is COc1ccc(-c2oc3ccc(OC)cc3c(=O)c2C(=O)Nc2ccccc2)cc1. The van der Waals surface area contributed by atoms with Crippen molar-refractivity contribution >= 4 is 22.6 Å². The number of amides is 1. The summed E-state index contributed by atoms with van der Waals surface area (Å²) in [6.07, 6.45) is 0. The minimum Gasteiger partial charge on any atom is -0.497 e. The first kappa shape index (κ1) is 19.3. The van der Waals surface area contributed by atoms with Crippen molar-refractivity contribution in [3.63, 3.8) is 0 Å². The van der Waals surface area contributed by atoms with Crippen LogP contribution in [0, 0.1) is 0 Å². The summed E-state index contributed by atoms with van der Waals surface area (Å²) in [5.74, 6) is 0.794. The van der Waals surface area contributed by atoms with Gasteiger partial charge < -0.3 is 19.2 Å². The van der Waals surface area contributed by atoms with Gasteiger partial charge >= 0.3 is 0 Å². The van der Waals surface area contributed by atoms with E-state index in [-0.39, 0.29) is 16.7 Å². The number of hydrogen-bond donors (Lipinski definition) is 1. The molecule has 1 heterocycles. The third-order valence-electron chi connectivity index (χ3n) is 4.71. The van der Waals surface area contributed by atoms with E-state index in [9.17, 15) is 9.59 Å². The summed E-state index contributed by atoms with van der Waals surface area (Å²) in [5.41, 5.74) is 1.01. The van der Waals surface area contributed by atoms with Crippen molar-refractivity contribution in [2.75, 3.05) is 19.5 Å². The number of fused-ring (bicyclic) bond motifs is 1. The summed E-state index contributed by atoms with van der Waals surface area (Å²) >= 11 is 0. The van der Waals surface area contributed by atoms with E-state index >= 15 is 0 Å². The Labute approximate surface area is 172 Å². The van der Waals surface area contributed by atoms with Crippen molar-refractivity contribution in [2.24, 2.45) is 0 Å². The van der Waals surface area contributed by atoms with Crippen LogP contribution in [0.1, 0.15) is 10.4 Å². The highest BCUT2D eigenvalue weighted by atomic mass is 16.5. The Morgan fingerprint density at radius 3 is 2.20 bits per heavy atom. The Kier molecular flexibility index (Phi) is 5.22. The van der Waals surface area contributed by atoms with Gasteiger partial charge in [0.1, 0.15) is 22.6 Å². The summed E-state index contributed by atoms with van der Waals surface area (Å²) in [5, 5.41) is 3.04. The molecule has 0 atom stereocenters. The van der Waals surface area contributed by atoms with Crippen LogP contribution in [0.15, 0.2) is 82.0 Å². The number of nitrogens with one attached hydrogen (secondary N) is 1. The maximum absolute atomic E-state index is 13.3. The van der Waals surface area contributed by atoms with Crippen molar-refractivity contribution < 1.29 is 18.7 Å². The van der Waals surface area contributed by atoms with E-state index in [1.807, 2.05) is 6.07 Å². The fourth-order valence-electron chi connectivity index (χ4n) is 3.17. The van der Waals surface area contributed by atoms with Gasteiger partial charge in [0.25, 0.3) is 5.91 Å². The molecule has 6 heteroatoms. The van der Waals surface area contributed by atoms with Crippen molar-refractivity contribution in [3.05, 3.63) is 88.6 Å². The molecule has 0 saturated carbocycles. The van der Waals surface area contributed by atoms with Gasteiger partial charge in [-0.3, -0.25) is 9.59 Å². The molecule has 4 aromatic rings. The average Bonchev–Trinajstić information content (AvgIpc) is 2.79. The number of benzene rings is 3. The minimum atomic E-state index is -0.550. The maximum Gasteiger partial charge on any atom is 0.263 e. The van der Waals surface area contributed by atoms with Gasteiger partial charge in [-0.25, -0.2) is 0 Å². The highest BCUT2D eigenvalue weighted by Crippen LogP contribution is 2.29. The number of para-hydroxylation sites is 1. The molecule has 0 saturated heterocycles. The summed E-state index contributed by atoms with van der Waals surface area (Å²) in [6.45, 7) is 0. The van der Waals surface area contributed by atoms with Crippen LogP contribution in [0.25, 0.3) is 22.3 Å². The first-order valence-corrected chi connectivity index (χ1v) is 9.26. The lowest BCUT2D eigenvalue weighted by Gasteiger charge is -2.12. The van der Waals surface area contributed by atoms with E-state index in [0.717, 1.165) is 0 Å². The molecule has 0 aliphatic heterocycles. The molecule has 0 aliphatic carbocycles. The highest BCUT2D eigenvalue weighted by molar-refractivity contribution is 6.09. The number of ether oxygens (including phenoxy) is 2. The highest BCUT2D eigenvalue weighted by Gasteiger charge is 2.23. The third kappa shape index (κ3) is 3.63. The Bertz CT molecular complexity index is 1260. The lowest BCUT2D eigenvalue weighted by Crippen LogP contribution is -2.23. The molecule has 0 fully saturated rings. The number of methoxy groups -OCH3 is 2. The molecule has 0 bridgehead atoms. The molecule has 0 aliphatic rings. The topological polar surface area (TPSA) is 77.8 Å². The van der Waals surface area contributed by atoms with Gasteiger partial charge in [-0.2, -0.15) is 0 Å². The standard InChI is InChI=1S/C24H19NO5/c1-28-17-10-8-15(9-11-17)23-21(24(27)25-16-6-4-3-5-7-16)22(26)19-14-18(29-2)12-13-20(19)30-23/h3-14H,1-2H3,(H,25,27). The summed E-state index contributed by atoms with van der Waals surface area (Å²) in [4.78, 5) is 26.5. The molecule has 6 nitrogen and oxygen atoms in total. The Balaban J connectivity index is 1.92. The van der Waals surface area contributed by atoms with Gasteiger partial charge in [-0.1, -0.05) is 18.2 Å². The van der Waals surface area contributed by atoms with E-state index in [1.165, 1.54) is 7.11 Å². The molecular weight excluding hydrogens is 382 g/mol. The molecular formula is C24H19NO5. The largest absolute Gasteiger partial charge is 0.497 e. The molecule has 0 spiro atoms. The maximum atomic E-state index is 13.3. The molecule has 4 rings (SSSR count). The molecule has 0 radical (unpaired) electrons. The van der Waals surface area contributed by atoms with Gasteiger partial charge in [0, 0.05) is 11.3 Å². The van der Waals surface area contributed by atoms with E-state index < -0.39 is 11.3 Å². The molecule has 150 valence electrons. The lowest BCUT2D eigenvalue weighted by molar-refractivity contribution is 0.102. The van der Waals surface area contributed by atoms with Crippen molar-refractivity contribution in [3.8, 4) is 22.8 Å². The average molecular weight is 401 g/mol. The van der Waals surface area contributed by atoms with Gasteiger partial charge in [-0.05, 0) is 54.6 Å². The van der Waals surface area contributed by atoms with Crippen molar-refractivity contribution in [1.29, 1.82) is 0 Å². The van der Waals surface area contributed by atoms with Gasteiger partial charge in [-0.15, -0.1) is 0 Å². The fraction of sp³-hybridized carbons (Fsp3) is 0.0833. The molecule has 0 unspecified atom stereocenters. The van der Waals surface area contributed by atoms with E-state index in [4.69, 9.17) is 13.9 Å². The Hall–Kier alpha value is -4.06. The second kappa shape index (κ2) is 8.13. The zero-order chi connectivity index (χ0) is 21.1. The van der Waals surface area contributed by atoms with Crippen molar-refractivity contribution in [2.45, 2.75) is 0 Å². The van der Waals surface area contributed by atoms with Crippen LogP contribution in [-0.4, -0.2) is 20.1 Å². The first-order valence-electron chi connectivity index (χ1n) is 9.26. The molecule has 3 aromatic carbocycles. The van der Waals surface area contributed by atoms with E-state index in [1.54, 1.807) is 73.8 Å². The van der Waals surface area contributed by atoms with E-state index in [2.05, 4.69) is 5.32 Å². The normalized spacial score (nSPS) is 10.6. The number of carbonyl (C=O) groups excluding carboxylic acids is 1. The zero-order valence-corrected chi connectivity index (χ0v) is 16.5. The monoisotopic (exact) mass is 401 g/mol. The lowest BCUT2D eigenvalue weighted by atomic mass is 10.0. The Morgan fingerprint density at radius 1 is 0.867 bits per heavy atom. The Morgan fingerprint density at radius 2 is 1.53 bits per heavy atom. The van der Waals surface area contributed by atoms with Gasteiger partial charge in [0.2, 0.25) is 5.43 Å². The van der Waals surface area contributed by atoms with Crippen LogP contribution in [0.4, 0.5) is 5.69 Å². The number of hydrogen-bond acceptors (Lipinski definition) is 5. The second-order valence-corrected chi connectivity index (χ2v) is 6.55. The summed E-state index contributed by atoms with van der Waals surface area (Å²) in [7, 11) is 3.08. The summed E-state index contributed by atoms with van der Waals surface area (Å²) in [6, 6.07) is 20.8. The quantitative estimate of drug-likeness (QED) is 0.523. The van der Waals surface area contributed by atoms with Gasteiger partial charge in [0.05, 0.1) is 19.6 Å². The minimum absolute atomic E-state index is 0.0789. The second-order valence-electron chi connectivity index (χ2n) is 6.55. The molecule has 1 N–H and O–H groups in total. The third-order valence-corrected chi connectivity index (χ3v) is 4.71. The van der Waals surface area contributed by atoms with E-state index in [0.29, 0.717) is 28.3 Å². The predicted molar refractivity (Wildman–Crippen MR) is 115 cm³/mol. The van der Waals surface area contributed by atoms with Crippen LogP contribution >= 0.6 is 0 Å². The van der Waals surface area contributed by atoms with Crippen molar-refractivity contribution in [1.82, 2.24) is 0 Å². The number of anilines is 1. The zero-order valence-electron chi connectivity index (χ0n) is 16.5. The fourth-order valence-corrected chi connectivity index (χ4v) is 3.17. The molecule has 1 amide bonds. The van der Waals surface area contributed by atoms with Crippen LogP contribution < -0.4 is 20.2 Å². The van der Waals surface area contributed by atoms with Crippen LogP contribution in [0.3, 0.4) is 0 Å². The van der Waals surface area contributed by atoms with Crippen LogP contribution in [0.2, 0.25) is 0 Å². The van der Waals surface area contributed by atoms with Crippen LogP contribution in [0.5, 0.6) is 11.5 Å².